The number of amides is 2. The lowest BCUT2D eigenvalue weighted by atomic mass is 10.1. The maximum Gasteiger partial charge on any atom is 0.254 e. The molecule has 0 aliphatic carbocycles. The van der Waals surface area contributed by atoms with Crippen molar-refractivity contribution in [2.75, 3.05) is 19.6 Å². The predicted molar refractivity (Wildman–Crippen MR) is 77.6 cm³/mol. The fourth-order valence-electron chi connectivity index (χ4n) is 2.67. The van der Waals surface area contributed by atoms with Crippen LogP contribution in [0.3, 0.4) is 0 Å². The molecule has 0 bridgehead atoms. The minimum absolute atomic E-state index is 0.00228. The lowest BCUT2D eigenvalue weighted by Crippen LogP contribution is -2.46. The van der Waals surface area contributed by atoms with E-state index in [2.05, 4.69) is 15.3 Å². The van der Waals surface area contributed by atoms with Crippen LogP contribution in [0.2, 0.25) is 0 Å². The summed E-state index contributed by atoms with van der Waals surface area (Å²) in [6, 6.07) is 5.26. The quantitative estimate of drug-likeness (QED) is 0.727. The van der Waals surface area contributed by atoms with Crippen LogP contribution >= 0.6 is 0 Å². The average Bonchev–Trinajstić information content (AvgIpc) is 3.13. The monoisotopic (exact) mass is 287 g/mol. The number of hydrogen-bond acceptors (Lipinski definition) is 4. The number of imidazole rings is 1. The second kappa shape index (κ2) is 5.53. The molecule has 1 saturated heterocycles. The van der Waals surface area contributed by atoms with Gasteiger partial charge in [-0.1, -0.05) is 0 Å². The second-order valence-corrected chi connectivity index (χ2v) is 5.18. The van der Waals surface area contributed by atoms with Crippen LogP contribution in [0.25, 0.3) is 11.0 Å². The van der Waals surface area contributed by atoms with E-state index >= 15 is 0 Å². The van der Waals surface area contributed by atoms with Crippen molar-refractivity contribution in [3.63, 3.8) is 0 Å². The zero-order chi connectivity index (χ0) is 14.8. The highest BCUT2D eigenvalue weighted by Gasteiger charge is 2.28. The SMILES string of the molecule is NC(=O)CN(C(=O)c1ccc2nc[nH]c2c1)C1CCNC1. The topological polar surface area (TPSA) is 104 Å². The van der Waals surface area contributed by atoms with Gasteiger partial charge in [0.1, 0.15) is 0 Å². The van der Waals surface area contributed by atoms with Gasteiger partial charge < -0.3 is 20.9 Å². The van der Waals surface area contributed by atoms with Gasteiger partial charge in [-0.15, -0.1) is 0 Å². The third-order valence-corrected chi connectivity index (χ3v) is 3.73. The number of nitrogens with one attached hydrogen (secondary N) is 2. The van der Waals surface area contributed by atoms with Gasteiger partial charge in [0.05, 0.1) is 23.9 Å². The van der Waals surface area contributed by atoms with E-state index in [9.17, 15) is 9.59 Å². The van der Waals surface area contributed by atoms with Crippen LogP contribution in [0, 0.1) is 0 Å². The summed E-state index contributed by atoms with van der Waals surface area (Å²) >= 11 is 0. The van der Waals surface area contributed by atoms with Crippen LogP contribution in [0.4, 0.5) is 0 Å². The third kappa shape index (κ3) is 2.73. The minimum atomic E-state index is -0.502. The first-order chi connectivity index (χ1) is 10.1. The van der Waals surface area contributed by atoms with Crippen molar-refractivity contribution in [2.45, 2.75) is 12.5 Å². The van der Waals surface area contributed by atoms with Crippen molar-refractivity contribution in [1.29, 1.82) is 0 Å². The molecule has 1 fully saturated rings. The van der Waals surface area contributed by atoms with Crippen molar-refractivity contribution >= 4 is 22.8 Å². The molecular weight excluding hydrogens is 270 g/mol. The van der Waals surface area contributed by atoms with E-state index < -0.39 is 5.91 Å². The summed E-state index contributed by atoms with van der Waals surface area (Å²) in [6.07, 6.45) is 2.41. The maximum absolute atomic E-state index is 12.7. The summed E-state index contributed by atoms with van der Waals surface area (Å²) in [5.74, 6) is -0.683. The van der Waals surface area contributed by atoms with Gasteiger partial charge in [-0.25, -0.2) is 4.98 Å². The maximum atomic E-state index is 12.7. The summed E-state index contributed by atoms with van der Waals surface area (Å²) < 4.78 is 0. The van der Waals surface area contributed by atoms with Gasteiger partial charge in [-0.3, -0.25) is 9.59 Å². The molecule has 110 valence electrons. The molecule has 1 unspecified atom stereocenters. The molecule has 7 nitrogen and oxygen atoms in total. The number of aromatic nitrogens is 2. The van der Waals surface area contributed by atoms with E-state index in [1.165, 1.54) is 0 Å². The first-order valence-electron chi connectivity index (χ1n) is 6.88. The number of nitrogens with two attached hydrogens (primary N) is 1. The Labute approximate surface area is 121 Å². The number of hydrogen-bond donors (Lipinski definition) is 3. The largest absolute Gasteiger partial charge is 0.368 e. The molecule has 0 spiro atoms. The molecule has 1 aliphatic rings. The molecule has 0 saturated carbocycles. The van der Waals surface area contributed by atoms with Gasteiger partial charge in [0.15, 0.2) is 0 Å². The van der Waals surface area contributed by atoms with Gasteiger partial charge in [0.2, 0.25) is 5.91 Å². The normalized spacial score (nSPS) is 18.0. The van der Waals surface area contributed by atoms with Crippen LogP contribution in [-0.4, -0.2) is 52.4 Å². The van der Waals surface area contributed by atoms with Gasteiger partial charge in [0, 0.05) is 18.2 Å². The van der Waals surface area contributed by atoms with Crippen LogP contribution in [-0.2, 0) is 4.79 Å². The Morgan fingerprint density at radius 3 is 3.00 bits per heavy atom. The number of aromatic amines is 1. The Morgan fingerprint density at radius 1 is 1.43 bits per heavy atom. The van der Waals surface area contributed by atoms with E-state index in [0.717, 1.165) is 24.0 Å². The summed E-state index contributed by atoms with van der Waals surface area (Å²) in [4.78, 5) is 32.6. The molecule has 3 rings (SSSR count). The molecule has 0 radical (unpaired) electrons. The molecule has 1 aromatic heterocycles. The molecule has 1 aromatic carbocycles. The van der Waals surface area contributed by atoms with Crippen molar-refractivity contribution < 1.29 is 9.59 Å². The van der Waals surface area contributed by atoms with Crippen molar-refractivity contribution in [3.05, 3.63) is 30.1 Å². The van der Waals surface area contributed by atoms with Crippen molar-refractivity contribution in [1.82, 2.24) is 20.2 Å². The highest BCUT2D eigenvalue weighted by Crippen LogP contribution is 2.17. The summed E-state index contributed by atoms with van der Waals surface area (Å²) in [5, 5.41) is 3.20. The molecule has 21 heavy (non-hydrogen) atoms. The van der Waals surface area contributed by atoms with Crippen LogP contribution in [0.1, 0.15) is 16.8 Å². The van der Waals surface area contributed by atoms with Gasteiger partial charge in [-0.05, 0) is 31.2 Å². The molecule has 4 N–H and O–H groups in total. The molecule has 1 aliphatic heterocycles. The van der Waals surface area contributed by atoms with Crippen molar-refractivity contribution in [3.8, 4) is 0 Å². The van der Waals surface area contributed by atoms with E-state index in [1.807, 2.05) is 0 Å². The first-order valence-corrected chi connectivity index (χ1v) is 6.88. The van der Waals surface area contributed by atoms with Gasteiger partial charge in [-0.2, -0.15) is 0 Å². The second-order valence-electron chi connectivity index (χ2n) is 5.18. The molecule has 2 amide bonds. The Morgan fingerprint density at radius 2 is 2.29 bits per heavy atom. The highest BCUT2D eigenvalue weighted by atomic mass is 16.2. The number of primary amides is 1. The lowest BCUT2D eigenvalue weighted by molar-refractivity contribution is -0.119. The fourth-order valence-corrected chi connectivity index (χ4v) is 2.67. The Hall–Kier alpha value is -2.41. The van der Waals surface area contributed by atoms with E-state index in [4.69, 9.17) is 5.73 Å². The Kier molecular flexibility index (Phi) is 3.57. The average molecular weight is 287 g/mol. The standard InChI is InChI=1S/C14H17N5O2/c15-13(20)7-19(10-3-4-16-6-10)14(21)9-1-2-11-12(5-9)18-8-17-11/h1-2,5,8,10,16H,3-4,6-7H2,(H2,15,20)(H,17,18). The minimum Gasteiger partial charge on any atom is -0.368 e. The Balaban J connectivity index is 1.89. The van der Waals surface area contributed by atoms with Crippen LogP contribution < -0.4 is 11.1 Å². The fraction of sp³-hybridized carbons (Fsp3) is 0.357. The van der Waals surface area contributed by atoms with Gasteiger partial charge in [0.25, 0.3) is 5.91 Å². The third-order valence-electron chi connectivity index (χ3n) is 3.73. The number of H-pyrrole nitrogens is 1. The molecule has 2 heterocycles. The van der Waals surface area contributed by atoms with Gasteiger partial charge >= 0.3 is 0 Å². The zero-order valence-electron chi connectivity index (χ0n) is 11.5. The lowest BCUT2D eigenvalue weighted by Gasteiger charge is -2.27. The molecule has 7 heteroatoms. The van der Waals surface area contributed by atoms with Crippen LogP contribution in [0.5, 0.6) is 0 Å². The van der Waals surface area contributed by atoms with E-state index in [-0.39, 0.29) is 18.5 Å². The van der Waals surface area contributed by atoms with E-state index in [0.29, 0.717) is 12.1 Å². The number of carbonyl (C=O) groups is 2. The number of rotatable bonds is 4. The number of nitrogens with zero attached hydrogens (tertiary/aromatic N) is 2. The Bertz CT molecular complexity index is 675. The van der Waals surface area contributed by atoms with Crippen LogP contribution in [0.15, 0.2) is 24.5 Å². The molecule has 2 aromatic rings. The number of fused-ring (bicyclic) bond motifs is 1. The first kappa shape index (κ1) is 13.6. The predicted octanol–water partition coefficient (Wildman–Crippen LogP) is -0.148. The number of carbonyl (C=O) groups excluding carboxylic acids is 2. The molecular formula is C14H17N5O2. The van der Waals surface area contributed by atoms with E-state index in [1.54, 1.807) is 29.4 Å². The highest BCUT2D eigenvalue weighted by molar-refractivity contribution is 5.99. The zero-order valence-corrected chi connectivity index (χ0v) is 11.5. The number of benzene rings is 1. The smallest absolute Gasteiger partial charge is 0.254 e. The van der Waals surface area contributed by atoms with Crippen molar-refractivity contribution in [2.24, 2.45) is 5.73 Å². The molecule has 1 atom stereocenters. The summed E-state index contributed by atoms with van der Waals surface area (Å²) in [7, 11) is 0. The summed E-state index contributed by atoms with van der Waals surface area (Å²) in [6.45, 7) is 1.46. The summed E-state index contributed by atoms with van der Waals surface area (Å²) in [5.41, 5.74) is 7.41.